The minimum absolute atomic E-state index is 0.106. The zero-order valence-corrected chi connectivity index (χ0v) is 12.8. The molecule has 20 heavy (non-hydrogen) atoms. The van der Waals surface area contributed by atoms with E-state index in [1.165, 1.54) is 0 Å². The average molecular weight is 282 g/mol. The maximum atomic E-state index is 10.8. The molecular weight excluding hydrogens is 256 g/mol. The van der Waals surface area contributed by atoms with E-state index in [2.05, 4.69) is 12.0 Å². The second-order valence-corrected chi connectivity index (χ2v) is 6.33. The Bertz CT molecular complexity index is 448. The molecule has 1 atom stereocenters. The third-order valence-electron chi connectivity index (χ3n) is 4.42. The van der Waals surface area contributed by atoms with Crippen molar-refractivity contribution in [3.63, 3.8) is 0 Å². The normalized spacial score (nSPS) is 28.6. The van der Waals surface area contributed by atoms with Crippen LogP contribution < -0.4 is 4.74 Å². The number of rotatable bonds is 4. The van der Waals surface area contributed by atoms with Gasteiger partial charge in [0.1, 0.15) is 11.8 Å². The number of aromatic nitrogens is 2. The van der Waals surface area contributed by atoms with Crippen molar-refractivity contribution >= 4 is 0 Å². The second kappa shape index (κ2) is 5.74. The minimum Gasteiger partial charge on any atom is -0.493 e. The molecule has 0 radical (unpaired) electrons. The summed E-state index contributed by atoms with van der Waals surface area (Å²) >= 11 is 0. The summed E-state index contributed by atoms with van der Waals surface area (Å²) in [5.74, 6) is 1.15. The molecular formula is C15H26N2O3. The van der Waals surface area contributed by atoms with Crippen molar-refractivity contribution in [2.75, 3.05) is 7.11 Å². The molecule has 1 unspecified atom stereocenters. The first-order valence-corrected chi connectivity index (χ1v) is 7.41. The fourth-order valence-electron chi connectivity index (χ4n) is 2.97. The molecule has 114 valence electrons. The number of methoxy groups -OCH3 is 1. The van der Waals surface area contributed by atoms with E-state index in [9.17, 15) is 10.2 Å². The van der Waals surface area contributed by atoms with Gasteiger partial charge in [0, 0.05) is 6.04 Å². The van der Waals surface area contributed by atoms with E-state index < -0.39 is 11.7 Å². The first-order chi connectivity index (χ1) is 9.39. The SMILES string of the molecule is COc1cnn(C(C)C)c1C(O)C1(O)CCC(C)CC1. The molecule has 0 spiro atoms. The molecule has 2 N–H and O–H groups in total. The third-order valence-corrected chi connectivity index (χ3v) is 4.42. The van der Waals surface area contributed by atoms with Gasteiger partial charge in [0.15, 0.2) is 5.75 Å². The van der Waals surface area contributed by atoms with Gasteiger partial charge in [0.2, 0.25) is 0 Å². The summed E-state index contributed by atoms with van der Waals surface area (Å²) in [6.45, 7) is 6.18. The maximum Gasteiger partial charge on any atom is 0.162 e. The summed E-state index contributed by atoms with van der Waals surface area (Å²) in [6, 6.07) is 0.106. The lowest BCUT2D eigenvalue weighted by atomic mass is 9.75. The van der Waals surface area contributed by atoms with Crippen LogP contribution in [0.1, 0.15) is 64.3 Å². The van der Waals surface area contributed by atoms with Gasteiger partial charge in [0.05, 0.1) is 18.9 Å². The van der Waals surface area contributed by atoms with Crippen LogP contribution in [0.2, 0.25) is 0 Å². The van der Waals surface area contributed by atoms with Gasteiger partial charge in [-0.1, -0.05) is 6.92 Å². The predicted octanol–water partition coefficient (Wildman–Crippen LogP) is 2.45. The third kappa shape index (κ3) is 2.69. The topological polar surface area (TPSA) is 67.5 Å². The van der Waals surface area contributed by atoms with E-state index in [0.717, 1.165) is 12.8 Å². The Kier molecular flexibility index (Phi) is 4.39. The second-order valence-electron chi connectivity index (χ2n) is 6.33. The molecule has 1 heterocycles. The molecule has 1 fully saturated rings. The first kappa shape index (κ1) is 15.3. The Balaban J connectivity index is 2.32. The van der Waals surface area contributed by atoms with Gasteiger partial charge in [-0.15, -0.1) is 0 Å². The summed E-state index contributed by atoms with van der Waals surface area (Å²) in [5.41, 5.74) is -0.494. The molecule has 1 saturated carbocycles. The Morgan fingerprint density at radius 1 is 1.40 bits per heavy atom. The van der Waals surface area contributed by atoms with Gasteiger partial charge in [-0.25, -0.2) is 0 Å². The van der Waals surface area contributed by atoms with Gasteiger partial charge < -0.3 is 14.9 Å². The van der Waals surface area contributed by atoms with E-state index in [-0.39, 0.29) is 6.04 Å². The molecule has 5 nitrogen and oxygen atoms in total. The van der Waals surface area contributed by atoms with Crippen LogP contribution >= 0.6 is 0 Å². The summed E-state index contributed by atoms with van der Waals surface area (Å²) < 4.78 is 7.04. The van der Waals surface area contributed by atoms with Crippen molar-refractivity contribution in [1.82, 2.24) is 9.78 Å². The standard InChI is InChI=1S/C15H26N2O3/c1-10(2)17-13(12(20-4)9-16-17)14(18)15(19)7-5-11(3)6-8-15/h9-11,14,18-19H,5-8H2,1-4H3. The van der Waals surface area contributed by atoms with Crippen molar-refractivity contribution in [2.24, 2.45) is 5.92 Å². The fourth-order valence-corrected chi connectivity index (χ4v) is 2.97. The van der Waals surface area contributed by atoms with Gasteiger partial charge in [-0.3, -0.25) is 4.68 Å². The van der Waals surface area contributed by atoms with Crippen molar-refractivity contribution in [2.45, 2.75) is 64.2 Å². The highest BCUT2D eigenvalue weighted by Gasteiger charge is 2.42. The molecule has 2 rings (SSSR count). The maximum absolute atomic E-state index is 10.8. The Hall–Kier alpha value is -1.07. The highest BCUT2D eigenvalue weighted by atomic mass is 16.5. The van der Waals surface area contributed by atoms with Gasteiger partial charge in [-0.05, 0) is 45.4 Å². The fraction of sp³-hybridized carbons (Fsp3) is 0.800. The molecule has 0 amide bonds. The Labute approximate surface area is 120 Å². The minimum atomic E-state index is -1.08. The summed E-state index contributed by atoms with van der Waals surface area (Å²) in [6.07, 6.45) is 3.74. The quantitative estimate of drug-likeness (QED) is 0.890. The number of hydrogen-bond acceptors (Lipinski definition) is 4. The molecule has 1 aliphatic carbocycles. The number of aliphatic hydroxyl groups excluding tert-OH is 1. The molecule has 1 aromatic rings. The van der Waals surface area contributed by atoms with Crippen molar-refractivity contribution < 1.29 is 14.9 Å². The van der Waals surface area contributed by atoms with Crippen LogP contribution in [0.4, 0.5) is 0 Å². The number of hydrogen-bond donors (Lipinski definition) is 2. The highest BCUT2D eigenvalue weighted by molar-refractivity contribution is 5.30. The Morgan fingerprint density at radius 3 is 2.50 bits per heavy atom. The van der Waals surface area contributed by atoms with Crippen LogP contribution in [0.3, 0.4) is 0 Å². The van der Waals surface area contributed by atoms with Crippen LogP contribution in [0.15, 0.2) is 6.20 Å². The first-order valence-electron chi connectivity index (χ1n) is 7.41. The average Bonchev–Trinajstić information content (AvgIpc) is 2.85. The molecule has 0 aliphatic heterocycles. The van der Waals surface area contributed by atoms with E-state index >= 15 is 0 Å². The lowest BCUT2D eigenvalue weighted by molar-refractivity contribution is -0.109. The van der Waals surface area contributed by atoms with Crippen LogP contribution in [0, 0.1) is 5.92 Å². The lowest BCUT2D eigenvalue weighted by Gasteiger charge is -2.38. The molecule has 0 saturated heterocycles. The lowest BCUT2D eigenvalue weighted by Crippen LogP contribution is -2.41. The van der Waals surface area contributed by atoms with E-state index in [1.54, 1.807) is 18.0 Å². The van der Waals surface area contributed by atoms with Gasteiger partial charge in [0.25, 0.3) is 0 Å². The predicted molar refractivity (Wildman–Crippen MR) is 76.7 cm³/mol. The number of aliphatic hydroxyl groups is 2. The molecule has 1 aliphatic rings. The highest BCUT2D eigenvalue weighted by Crippen LogP contribution is 2.43. The van der Waals surface area contributed by atoms with Crippen LogP contribution in [0.5, 0.6) is 5.75 Å². The zero-order valence-electron chi connectivity index (χ0n) is 12.8. The largest absolute Gasteiger partial charge is 0.493 e. The smallest absolute Gasteiger partial charge is 0.162 e. The van der Waals surface area contributed by atoms with Crippen LogP contribution in [0.25, 0.3) is 0 Å². The van der Waals surface area contributed by atoms with Crippen LogP contribution in [-0.2, 0) is 0 Å². The van der Waals surface area contributed by atoms with E-state index in [1.807, 2.05) is 13.8 Å². The van der Waals surface area contributed by atoms with Gasteiger partial charge >= 0.3 is 0 Å². The number of nitrogens with zero attached hydrogens (tertiary/aromatic N) is 2. The van der Waals surface area contributed by atoms with Gasteiger partial charge in [-0.2, -0.15) is 5.10 Å². The Morgan fingerprint density at radius 2 is 2.00 bits per heavy atom. The van der Waals surface area contributed by atoms with E-state index in [0.29, 0.717) is 30.2 Å². The summed E-state index contributed by atoms with van der Waals surface area (Å²) in [5, 5.41) is 25.8. The zero-order chi connectivity index (χ0) is 14.9. The number of ether oxygens (including phenoxy) is 1. The molecule has 0 bridgehead atoms. The molecule has 5 heteroatoms. The van der Waals surface area contributed by atoms with Crippen molar-refractivity contribution in [3.8, 4) is 5.75 Å². The molecule has 0 aromatic carbocycles. The van der Waals surface area contributed by atoms with Crippen molar-refractivity contribution in [1.29, 1.82) is 0 Å². The monoisotopic (exact) mass is 282 g/mol. The summed E-state index contributed by atoms with van der Waals surface area (Å²) in [7, 11) is 1.56. The van der Waals surface area contributed by atoms with Crippen molar-refractivity contribution in [3.05, 3.63) is 11.9 Å². The summed E-state index contributed by atoms with van der Waals surface area (Å²) in [4.78, 5) is 0. The molecule has 1 aromatic heterocycles. The van der Waals surface area contributed by atoms with E-state index in [4.69, 9.17) is 4.74 Å². The van der Waals surface area contributed by atoms with Crippen LogP contribution in [-0.4, -0.2) is 32.7 Å².